The Morgan fingerprint density at radius 1 is 1.16 bits per heavy atom. The summed E-state index contributed by atoms with van der Waals surface area (Å²) in [7, 11) is 3.08. The van der Waals surface area contributed by atoms with Crippen molar-refractivity contribution >= 4 is 12.1 Å². The van der Waals surface area contributed by atoms with E-state index in [2.05, 4.69) is 5.32 Å². The Morgan fingerprint density at radius 2 is 1.80 bits per heavy atom. The minimum Gasteiger partial charge on any atom is -0.493 e. The number of benzene rings is 1. The third-order valence-electron chi connectivity index (χ3n) is 3.10. The number of nitrogens with zero attached hydrogens (tertiary/aromatic N) is 1. The molecule has 0 aliphatic rings. The van der Waals surface area contributed by atoms with Gasteiger partial charge in [0.15, 0.2) is 11.5 Å². The minimum absolute atomic E-state index is 0.0622. The molecular weight excluding hydrogens is 326 g/mol. The van der Waals surface area contributed by atoms with Crippen LogP contribution in [0.2, 0.25) is 0 Å². The van der Waals surface area contributed by atoms with Gasteiger partial charge in [0.25, 0.3) is 0 Å². The van der Waals surface area contributed by atoms with E-state index in [0.717, 1.165) is 10.5 Å². The van der Waals surface area contributed by atoms with Gasteiger partial charge >= 0.3 is 12.1 Å². The maximum absolute atomic E-state index is 12.3. The van der Waals surface area contributed by atoms with Crippen LogP contribution in [-0.4, -0.2) is 49.9 Å². The molecule has 0 aliphatic carbocycles. The van der Waals surface area contributed by atoms with E-state index in [0.29, 0.717) is 11.5 Å². The molecule has 0 bridgehead atoms. The number of carbonyl (C=O) groups is 2. The molecule has 140 valence electrons. The van der Waals surface area contributed by atoms with Crippen molar-refractivity contribution in [2.45, 2.75) is 32.9 Å². The smallest absolute Gasteiger partial charge is 0.418 e. The van der Waals surface area contributed by atoms with Crippen molar-refractivity contribution in [2.24, 2.45) is 5.73 Å². The van der Waals surface area contributed by atoms with Gasteiger partial charge in [0.2, 0.25) is 0 Å². The highest BCUT2D eigenvalue weighted by Crippen LogP contribution is 2.27. The molecule has 0 atom stereocenters. The van der Waals surface area contributed by atoms with Gasteiger partial charge in [-0.1, -0.05) is 6.07 Å². The number of urea groups is 1. The van der Waals surface area contributed by atoms with E-state index in [1.807, 2.05) is 0 Å². The molecule has 0 saturated heterocycles. The summed E-state index contributed by atoms with van der Waals surface area (Å²) >= 11 is 0. The number of hydrogen-bond acceptors (Lipinski definition) is 6. The zero-order valence-electron chi connectivity index (χ0n) is 15.4. The molecule has 0 fully saturated rings. The number of hydrogen-bond donors (Lipinski definition) is 2. The molecule has 25 heavy (non-hydrogen) atoms. The Balaban J connectivity index is 2.76. The Bertz CT molecular complexity index is 598. The quantitative estimate of drug-likeness (QED) is 0.812. The van der Waals surface area contributed by atoms with Gasteiger partial charge in [-0.2, -0.15) is 0 Å². The van der Waals surface area contributed by atoms with Crippen molar-refractivity contribution in [2.75, 3.05) is 27.3 Å². The normalized spacial score (nSPS) is 10.8. The number of nitrogens with two attached hydrogens (primary N) is 1. The van der Waals surface area contributed by atoms with Crippen LogP contribution in [0.1, 0.15) is 26.3 Å². The zero-order valence-corrected chi connectivity index (χ0v) is 15.4. The number of carbonyl (C=O) groups excluding carboxylic acids is 2. The van der Waals surface area contributed by atoms with E-state index >= 15 is 0 Å². The van der Waals surface area contributed by atoms with E-state index in [4.69, 9.17) is 19.9 Å². The minimum atomic E-state index is -0.734. The number of imide groups is 1. The van der Waals surface area contributed by atoms with Crippen molar-refractivity contribution in [1.29, 1.82) is 0 Å². The maximum Gasteiger partial charge on any atom is 0.418 e. The van der Waals surface area contributed by atoms with Gasteiger partial charge in [-0.25, -0.2) is 14.5 Å². The second-order valence-electron chi connectivity index (χ2n) is 6.27. The average molecular weight is 353 g/mol. The summed E-state index contributed by atoms with van der Waals surface area (Å²) < 4.78 is 15.6. The van der Waals surface area contributed by atoms with E-state index in [9.17, 15) is 9.59 Å². The molecule has 1 aromatic carbocycles. The number of amides is 3. The van der Waals surface area contributed by atoms with Crippen LogP contribution in [0, 0.1) is 0 Å². The summed E-state index contributed by atoms with van der Waals surface area (Å²) in [5.74, 6) is 1.15. The Morgan fingerprint density at radius 3 is 2.32 bits per heavy atom. The molecule has 0 aromatic heterocycles. The largest absolute Gasteiger partial charge is 0.493 e. The lowest BCUT2D eigenvalue weighted by atomic mass is 10.2. The van der Waals surface area contributed by atoms with Crippen LogP contribution in [0.5, 0.6) is 11.5 Å². The van der Waals surface area contributed by atoms with Crippen LogP contribution in [0.25, 0.3) is 0 Å². The summed E-state index contributed by atoms with van der Waals surface area (Å²) in [4.78, 5) is 25.4. The Hall–Kier alpha value is -2.48. The van der Waals surface area contributed by atoms with E-state index in [-0.39, 0.29) is 19.6 Å². The summed E-state index contributed by atoms with van der Waals surface area (Å²) in [6, 6.07) is 4.71. The molecule has 0 aliphatic heterocycles. The average Bonchev–Trinajstić information content (AvgIpc) is 2.55. The second-order valence-corrected chi connectivity index (χ2v) is 6.27. The van der Waals surface area contributed by atoms with Crippen LogP contribution >= 0.6 is 0 Å². The third-order valence-corrected chi connectivity index (χ3v) is 3.10. The van der Waals surface area contributed by atoms with Crippen molar-refractivity contribution in [3.8, 4) is 11.5 Å². The van der Waals surface area contributed by atoms with E-state index in [1.165, 1.54) is 7.11 Å². The van der Waals surface area contributed by atoms with Crippen LogP contribution in [0.15, 0.2) is 18.2 Å². The van der Waals surface area contributed by atoms with Crippen LogP contribution in [0.3, 0.4) is 0 Å². The number of nitrogens with one attached hydrogen (secondary N) is 1. The van der Waals surface area contributed by atoms with Crippen molar-refractivity contribution in [3.05, 3.63) is 23.8 Å². The first kappa shape index (κ1) is 20.6. The summed E-state index contributed by atoms with van der Waals surface area (Å²) in [6.45, 7) is 5.60. The molecule has 0 unspecified atom stereocenters. The standard InChI is InChI=1S/C17H27N3O5/c1-17(2,3)25-16(22)20(9-8-18)15(21)19-11-12-6-7-13(23-4)14(10-12)24-5/h6-7,10H,8-9,11,18H2,1-5H3,(H,19,21). The lowest BCUT2D eigenvalue weighted by Gasteiger charge is -2.26. The van der Waals surface area contributed by atoms with Gasteiger partial charge in [0.05, 0.1) is 14.2 Å². The predicted octanol–water partition coefficient (Wildman–Crippen LogP) is 2.11. The van der Waals surface area contributed by atoms with E-state index in [1.54, 1.807) is 46.1 Å². The van der Waals surface area contributed by atoms with Crippen LogP contribution in [-0.2, 0) is 11.3 Å². The zero-order chi connectivity index (χ0) is 19.0. The van der Waals surface area contributed by atoms with Gasteiger partial charge < -0.3 is 25.3 Å². The van der Waals surface area contributed by atoms with E-state index < -0.39 is 17.7 Å². The number of rotatable bonds is 6. The van der Waals surface area contributed by atoms with Crippen LogP contribution in [0.4, 0.5) is 9.59 Å². The van der Waals surface area contributed by atoms with Gasteiger partial charge in [-0.3, -0.25) is 0 Å². The molecule has 8 heteroatoms. The molecular formula is C17H27N3O5. The van der Waals surface area contributed by atoms with Crippen molar-refractivity contribution < 1.29 is 23.8 Å². The van der Waals surface area contributed by atoms with Crippen LogP contribution < -0.4 is 20.5 Å². The first-order chi connectivity index (χ1) is 11.7. The fourth-order valence-corrected chi connectivity index (χ4v) is 1.99. The SMILES string of the molecule is COc1ccc(CNC(=O)N(CCN)C(=O)OC(C)(C)C)cc1OC. The Labute approximate surface area is 148 Å². The molecule has 8 nitrogen and oxygen atoms in total. The molecule has 3 N–H and O–H groups in total. The fourth-order valence-electron chi connectivity index (χ4n) is 1.99. The first-order valence-electron chi connectivity index (χ1n) is 7.91. The Kier molecular flexibility index (Phi) is 7.50. The number of methoxy groups -OCH3 is 2. The summed E-state index contributed by atoms with van der Waals surface area (Å²) in [5, 5.41) is 2.67. The van der Waals surface area contributed by atoms with Gasteiger partial charge in [-0.15, -0.1) is 0 Å². The van der Waals surface area contributed by atoms with Crippen molar-refractivity contribution in [1.82, 2.24) is 10.2 Å². The van der Waals surface area contributed by atoms with Crippen molar-refractivity contribution in [3.63, 3.8) is 0 Å². The number of ether oxygens (including phenoxy) is 3. The highest BCUT2D eigenvalue weighted by atomic mass is 16.6. The lowest BCUT2D eigenvalue weighted by molar-refractivity contribution is 0.0325. The monoisotopic (exact) mass is 353 g/mol. The fraction of sp³-hybridized carbons (Fsp3) is 0.529. The summed E-state index contributed by atoms with van der Waals surface area (Å²) in [6.07, 6.45) is -0.734. The van der Waals surface area contributed by atoms with Gasteiger partial charge in [0, 0.05) is 19.6 Å². The molecule has 0 spiro atoms. The molecule has 3 amide bonds. The topological polar surface area (TPSA) is 103 Å². The molecule has 1 rings (SSSR count). The molecule has 1 aromatic rings. The summed E-state index contributed by atoms with van der Waals surface area (Å²) in [5.41, 5.74) is 5.58. The van der Waals surface area contributed by atoms with Gasteiger partial charge in [0.1, 0.15) is 5.60 Å². The predicted molar refractivity (Wildman–Crippen MR) is 93.8 cm³/mol. The highest BCUT2D eigenvalue weighted by molar-refractivity contribution is 5.91. The highest BCUT2D eigenvalue weighted by Gasteiger charge is 2.26. The molecule has 0 heterocycles. The first-order valence-corrected chi connectivity index (χ1v) is 7.91. The third kappa shape index (κ3) is 6.50. The van der Waals surface area contributed by atoms with Gasteiger partial charge in [-0.05, 0) is 38.5 Å². The maximum atomic E-state index is 12.3. The molecule has 0 saturated carbocycles. The second kappa shape index (κ2) is 9.12. The molecule has 0 radical (unpaired) electrons. The lowest BCUT2D eigenvalue weighted by Crippen LogP contribution is -2.47.